The van der Waals surface area contributed by atoms with E-state index in [-0.39, 0.29) is 0 Å². The van der Waals surface area contributed by atoms with Gasteiger partial charge >= 0.3 is 0 Å². The van der Waals surface area contributed by atoms with Crippen molar-refractivity contribution in [2.24, 2.45) is 5.73 Å². The lowest BCUT2D eigenvalue weighted by molar-refractivity contribution is -0.270. The van der Waals surface area contributed by atoms with E-state index in [0.717, 1.165) is 0 Å². The van der Waals surface area contributed by atoms with Gasteiger partial charge in [0.15, 0.2) is 17.6 Å². The average Bonchev–Trinajstić information content (AvgIpc) is 2.29. The summed E-state index contributed by atoms with van der Waals surface area (Å²) in [6.07, 6.45) is -6.50. The van der Waals surface area contributed by atoms with Gasteiger partial charge in [0.25, 0.3) is 0 Å². The van der Waals surface area contributed by atoms with E-state index in [2.05, 4.69) is 0 Å². The van der Waals surface area contributed by atoms with Crippen LogP contribution in [0.2, 0.25) is 0 Å². The first-order valence-corrected chi connectivity index (χ1v) is 4.31. The Balaban J connectivity index is 2.99. The Kier molecular flexibility index (Phi) is 3.01. The summed E-state index contributed by atoms with van der Waals surface area (Å²) in [5, 5.41) is 37.4. The molecule has 0 aliphatic carbocycles. The summed E-state index contributed by atoms with van der Waals surface area (Å²) in [5.74, 6) is -0.956. The van der Waals surface area contributed by atoms with E-state index >= 15 is 0 Å². The van der Waals surface area contributed by atoms with Gasteiger partial charge in [0.2, 0.25) is 0 Å². The molecule has 1 unspecified atom stereocenters. The summed E-state index contributed by atoms with van der Waals surface area (Å²) in [4.78, 5) is 11.4. The number of hydrogen-bond acceptors (Lipinski definition) is 7. The van der Waals surface area contributed by atoms with Crippen LogP contribution in [-0.4, -0.2) is 63.0 Å². The van der Waals surface area contributed by atoms with E-state index < -0.39 is 49.4 Å². The van der Waals surface area contributed by atoms with Crippen molar-refractivity contribution in [3.8, 4) is 0 Å². The van der Waals surface area contributed by atoms with Crippen LogP contribution in [0.15, 0.2) is 0 Å². The van der Waals surface area contributed by atoms with Crippen LogP contribution < -0.4 is 5.73 Å². The first kappa shape index (κ1) is 10.9. The van der Waals surface area contributed by atoms with Gasteiger partial charge in [-0.2, -0.15) is 0 Å². The molecule has 15 heavy (non-hydrogen) atoms. The van der Waals surface area contributed by atoms with Crippen LogP contribution in [0.5, 0.6) is 0 Å². The van der Waals surface area contributed by atoms with Gasteiger partial charge < -0.3 is 30.9 Å². The Hall–Kier alpha value is -0.570. The van der Waals surface area contributed by atoms with E-state index in [1.165, 1.54) is 0 Å². The van der Waals surface area contributed by atoms with Gasteiger partial charge in [-0.15, -0.1) is 0 Å². The number of ether oxygens (including phenoxy) is 1. The molecule has 1 aliphatic rings. The third kappa shape index (κ3) is 1.78. The highest BCUT2D eigenvalue weighted by Crippen LogP contribution is 2.27. The zero-order chi connectivity index (χ0) is 12.5. The minimum Gasteiger partial charge on any atom is -0.394 e. The largest absolute Gasteiger partial charge is 0.394 e. The van der Waals surface area contributed by atoms with Gasteiger partial charge in [0.05, 0.1) is 6.61 Å². The Bertz CT molecular complexity index is 277. The fraction of sp³-hybridized carbons (Fsp3) is 0.875. The lowest BCUT2D eigenvalue weighted by Crippen LogP contribution is -2.73. The normalized spacial score (nSPS) is 47.4. The zero-order valence-electron chi connectivity index (χ0n) is 8.91. The summed E-state index contributed by atoms with van der Waals surface area (Å²) in [7, 11) is 0. The minimum atomic E-state index is -2.24. The van der Waals surface area contributed by atoms with E-state index in [4.69, 9.17) is 16.9 Å². The number of hydrogen-bond donors (Lipinski definition) is 5. The molecule has 0 aromatic heterocycles. The van der Waals surface area contributed by atoms with Crippen LogP contribution in [0, 0.1) is 0 Å². The molecule has 0 radical (unpaired) electrons. The Labute approximate surface area is 87.5 Å². The highest BCUT2D eigenvalue weighted by Gasteiger charge is 2.55. The van der Waals surface area contributed by atoms with Gasteiger partial charge in [-0.05, 0) is 6.90 Å². The number of aliphatic hydroxyl groups is 4. The van der Waals surface area contributed by atoms with Crippen LogP contribution in [-0.2, 0) is 9.53 Å². The summed E-state index contributed by atoms with van der Waals surface area (Å²) in [6, 6.07) is 0. The van der Waals surface area contributed by atoms with Gasteiger partial charge in [-0.1, -0.05) is 0 Å². The second kappa shape index (κ2) is 4.12. The van der Waals surface area contributed by atoms with Crippen LogP contribution in [0.3, 0.4) is 0 Å². The molecule has 0 bridgehead atoms. The smallest absolute Gasteiger partial charge is 0.183 e. The molecular weight excluding hydrogens is 206 g/mol. The molecule has 0 aromatic rings. The third-order valence-electron chi connectivity index (χ3n) is 2.57. The highest BCUT2D eigenvalue weighted by atomic mass is 16.6. The van der Waals surface area contributed by atoms with Crippen molar-refractivity contribution in [1.82, 2.24) is 0 Å². The zero-order valence-corrected chi connectivity index (χ0v) is 7.91. The molecule has 1 fully saturated rings. The fourth-order valence-corrected chi connectivity index (χ4v) is 1.44. The molecule has 5 atom stereocenters. The van der Waals surface area contributed by atoms with Crippen LogP contribution >= 0.6 is 0 Å². The van der Waals surface area contributed by atoms with Crippen molar-refractivity contribution in [2.75, 3.05) is 6.61 Å². The van der Waals surface area contributed by atoms with Crippen molar-refractivity contribution in [1.29, 1.82) is 0 Å². The number of rotatable bonds is 2. The van der Waals surface area contributed by atoms with E-state index in [1.807, 2.05) is 0 Å². The number of aliphatic hydroxyl groups excluding tert-OH is 4. The number of carbonyl (C=O) groups is 1. The van der Waals surface area contributed by atoms with E-state index in [0.29, 0.717) is 0 Å². The van der Waals surface area contributed by atoms with Crippen molar-refractivity contribution < 1.29 is 31.3 Å². The molecule has 6 N–H and O–H groups in total. The summed E-state index contributed by atoms with van der Waals surface area (Å²) >= 11 is 0. The SMILES string of the molecule is [2H]CC(=O)[C@]1(N)C(O)O[C@H](CO)[C@@H](O)[C@@H]1O. The number of Topliss-reactive ketones (excluding diaryl/α,β-unsaturated/α-hetero) is 1. The van der Waals surface area contributed by atoms with Crippen LogP contribution in [0.1, 0.15) is 8.27 Å². The maximum atomic E-state index is 11.4. The second-order valence-electron chi connectivity index (χ2n) is 3.50. The minimum absolute atomic E-state index is 0.638. The number of ketones is 1. The van der Waals surface area contributed by atoms with E-state index in [1.54, 1.807) is 0 Å². The standard InChI is InChI=1S/C8H15NO6/c1-3(11)8(9)6(13)5(12)4(2-10)15-7(8)14/h4-7,10,12-14H,2,9H2,1H3/t4-,5-,6+,7?,8-/m1/s1/i1D. The molecule has 7 heteroatoms. The van der Waals surface area contributed by atoms with E-state index in [9.17, 15) is 20.1 Å². The molecule has 1 heterocycles. The van der Waals surface area contributed by atoms with Crippen molar-refractivity contribution in [3.63, 3.8) is 0 Å². The molecule has 88 valence electrons. The number of nitrogens with two attached hydrogens (primary N) is 1. The van der Waals surface area contributed by atoms with Gasteiger partial charge in [-0.3, -0.25) is 4.79 Å². The molecule has 1 saturated heterocycles. The quantitative estimate of drug-likeness (QED) is 0.330. The van der Waals surface area contributed by atoms with Crippen molar-refractivity contribution in [3.05, 3.63) is 0 Å². The average molecular weight is 222 g/mol. The van der Waals surface area contributed by atoms with Crippen molar-refractivity contribution in [2.45, 2.75) is 37.0 Å². The molecule has 0 amide bonds. The Morgan fingerprint density at radius 3 is 2.67 bits per heavy atom. The molecule has 0 spiro atoms. The van der Waals surface area contributed by atoms with Gasteiger partial charge in [0.1, 0.15) is 18.3 Å². The predicted molar refractivity (Wildman–Crippen MR) is 47.6 cm³/mol. The predicted octanol–water partition coefficient (Wildman–Crippen LogP) is -3.30. The summed E-state index contributed by atoms with van der Waals surface area (Å²) in [5.41, 5.74) is 3.23. The molecule has 0 saturated carbocycles. The topological polar surface area (TPSA) is 133 Å². The Morgan fingerprint density at radius 2 is 2.20 bits per heavy atom. The third-order valence-corrected chi connectivity index (χ3v) is 2.57. The second-order valence-corrected chi connectivity index (χ2v) is 3.50. The van der Waals surface area contributed by atoms with Crippen LogP contribution in [0.4, 0.5) is 0 Å². The molecule has 7 nitrogen and oxygen atoms in total. The Morgan fingerprint density at radius 1 is 1.60 bits per heavy atom. The summed E-state index contributed by atoms with van der Waals surface area (Å²) in [6.45, 7) is -1.40. The highest BCUT2D eigenvalue weighted by molar-refractivity contribution is 5.87. The molecule has 0 aromatic carbocycles. The van der Waals surface area contributed by atoms with Gasteiger partial charge in [-0.25, -0.2) is 0 Å². The maximum absolute atomic E-state index is 11.4. The maximum Gasteiger partial charge on any atom is 0.183 e. The van der Waals surface area contributed by atoms with Crippen LogP contribution in [0.25, 0.3) is 0 Å². The fourth-order valence-electron chi connectivity index (χ4n) is 1.44. The summed E-state index contributed by atoms with van der Waals surface area (Å²) < 4.78 is 11.6. The first-order chi connectivity index (χ1) is 7.39. The number of carbonyl (C=O) groups excluding carboxylic acids is 1. The van der Waals surface area contributed by atoms with Crippen molar-refractivity contribution >= 4 is 5.78 Å². The molecule has 1 rings (SSSR count). The monoisotopic (exact) mass is 222 g/mol. The molecule has 1 aliphatic heterocycles. The van der Waals surface area contributed by atoms with Gasteiger partial charge in [0, 0.05) is 1.37 Å². The first-order valence-electron chi connectivity index (χ1n) is 5.02. The lowest BCUT2D eigenvalue weighted by atomic mass is 9.81. The lowest BCUT2D eigenvalue weighted by Gasteiger charge is -2.45. The molecular formula is C8H15NO6.